The fraction of sp³-hybridized carbons (Fsp3) is 0.885. The molecule has 0 spiro atoms. The quantitative estimate of drug-likeness (QED) is 0.440. The minimum Gasteiger partial charge on any atom is -0.462 e. The number of ether oxygens (including phenoxy) is 1. The molecular weight excluding hydrogens is 374 g/mol. The van der Waals surface area contributed by atoms with Crippen molar-refractivity contribution in [1.82, 2.24) is 5.06 Å². The van der Waals surface area contributed by atoms with E-state index in [-0.39, 0.29) is 12.1 Å². The predicted octanol–water partition coefficient (Wildman–Crippen LogP) is 5.52. The molecule has 0 amide bonds. The number of nitrogens with zero attached hydrogens (tertiary/aromatic N) is 1. The second-order valence-corrected chi connectivity index (χ2v) is 11.9. The van der Waals surface area contributed by atoms with Gasteiger partial charge in [0.15, 0.2) is 0 Å². The van der Waals surface area contributed by atoms with Gasteiger partial charge in [-0.1, -0.05) is 25.5 Å². The third-order valence-electron chi connectivity index (χ3n) is 10.1. The molecule has 3 saturated carbocycles. The van der Waals surface area contributed by atoms with Crippen LogP contribution in [-0.2, 0) is 14.4 Å². The van der Waals surface area contributed by atoms with Gasteiger partial charge in [-0.05, 0) is 87.9 Å². The van der Waals surface area contributed by atoms with Gasteiger partial charge in [-0.3, -0.25) is 9.63 Å². The van der Waals surface area contributed by atoms with Crippen molar-refractivity contribution in [3.8, 4) is 0 Å². The summed E-state index contributed by atoms with van der Waals surface area (Å²) < 4.78 is 5.60. The maximum absolute atomic E-state index is 11.5. The van der Waals surface area contributed by atoms with Crippen molar-refractivity contribution in [3.05, 3.63) is 11.6 Å². The molecule has 4 nitrogen and oxygen atoms in total. The number of carbonyl (C=O) groups is 1. The van der Waals surface area contributed by atoms with Crippen LogP contribution in [0.1, 0.15) is 86.5 Å². The molecule has 0 aromatic rings. The summed E-state index contributed by atoms with van der Waals surface area (Å²) in [5, 5.41) is 2.35. The highest BCUT2D eigenvalue weighted by Gasteiger charge is 2.65. The molecule has 1 saturated heterocycles. The van der Waals surface area contributed by atoms with Gasteiger partial charge in [0.1, 0.15) is 6.10 Å². The molecule has 4 fully saturated rings. The third-order valence-corrected chi connectivity index (χ3v) is 10.1. The number of fused-ring (bicyclic) bond motifs is 7. The highest BCUT2D eigenvalue weighted by Crippen LogP contribution is 2.68. The molecule has 4 aliphatic carbocycles. The van der Waals surface area contributed by atoms with Crippen LogP contribution in [0.25, 0.3) is 0 Å². The van der Waals surface area contributed by atoms with Gasteiger partial charge in [0.05, 0.1) is 6.10 Å². The van der Waals surface area contributed by atoms with Crippen LogP contribution in [0.5, 0.6) is 0 Å². The van der Waals surface area contributed by atoms with E-state index in [1.54, 1.807) is 12.5 Å². The van der Waals surface area contributed by atoms with Crippen LogP contribution in [0, 0.1) is 34.5 Å². The maximum atomic E-state index is 11.5. The Morgan fingerprint density at radius 3 is 2.70 bits per heavy atom. The Morgan fingerprint density at radius 2 is 2.00 bits per heavy atom. The molecule has 5 aliphatic rings. The van der Waals surface area contributed by atoms with Gasteiger partial charge in [0, 0.05) is 31.3 Å². The van der Waals surface area contributed by atoms with Crippen molar-refractivity contribution in [2.75, 3.05) is 0 Å². The van der Waals surface area contributed by atoms with Crippen molar-refractivity contribution in [1.29, 1.82) is 0 Å². The number of carbonyl (C=O) groups excluding carboxylic acids is 1. The lowest BCUT2D eigenvalue weighted by Gasteiger charge is -2.58. The first-order chi connectivity index (χ1) is 14.1. The topological polar surface area (TPSA) is 38.8 Å². The van der Waals surface area contributed by atoms with Crippen molar-refractivity contribution >= 4 is 5.97 Å². The lowest BCUT2D eigenvalue weighted by atomic mass is 9.47. The number of hydrogen-bond acceptors (Lipinski definition) is 4. The van der Waals surface area contributed by atoms with E-state index in [9.17, 15) is 4.79 Å². The Balaban J connectivity index is 1.42. The minimum absolute atomic E-state index is 0.0932. The normalized spacial score (nSPS) is 50.4. The molecule has 1 heterocycles. The standard InChI is InChI=1S/C26H41NO3/c1-15(2)27-23-14-22-20-8-7-18-13-19(29-17(4)28)9-11-25(18,5)21(20)10-12-26(22,6)24(23)16(3)30-27/h7,15-16,19-24H,8-14H2,1-6H3/t16-,19+,20-,21+,22+,23-,24-,25+,26+/m1/s1. The SMILES string of the molecule is CC(=O)O[C@H]1CC[C@@]2(C)C(=CC[C@H]3[C@@H]4C[C@@H]5[C@@H]([C@@H](C)ON5C(C)C)[C@@]4(C)CC[C@@H]32)C1. The average Bonchev–Trinajstić information content (AvgIpc) is 3.16. The number of hydroxylamine groups is 2. The van der Waals surface area contributed by atoms with Crippen molar-refractivity contribution in [2.24, 2.45) is 34.5 Å². The highest BCUT2D eigenvalue weighted by atomic mass is 16.7. The molecule has 30 heavy (non-hydrogen) atoms. The van der Waals surface area contributed by atoms with E-state index in [2.05, 4.69) is 45.8 Å². The molecule has 4 heteroatoms. The third kappa shape index (κ3) is 2.88. The average molecular weight is 416 g/mol. The lowest BCUT2D eigenvalue weighted by Crippen LogP contribution is -2.51. The minimum atomic E-state index is -0.130. The lowest BCUT2D eigenvalue weighted by molar-refractivity contribution is -0.188. The van der Waals surface area contributed by atoms with Crippen molar-refractivity contribution in [3.63, 3.8) is 0 Å². The summed E-state index contributed by atoms with van der Waals surface area (Å²) in [6, 6.07) is 1.04. The Morgan fingerprint density at radius 1 is 1.23 bits per heavy atom. The summed E-state index contributed by atoms with van der Waals surface area (Å²) in [4.78, 5) is 17.8. The van der Waals surface area contributed by atoms with Crippen LogP contribution in [-0.4, -0.2) is 35.3 Å². The summed E-state index contributed by atoms with van der Waals surface area (Å²) in [5.74, 6) is 2.93. The van der Waals surface area contributed by atoms with Gasteiger partial charge in [-0.2, -0.15) is 5.06 Å². The summed E-state index contributed by atoms with van der Waals surface area (Å²) in [7, 11) is 0. The molecular formula is C26H41NO3. The molecule has 0 bridgehead atoms. The van der Waals surface area contributed by atoms with Crippen LogP contribution in [0.4, 0.5) is 0 Å². The number of allylic oxidation sites excluding steroid dienone is 1. The van der Waals surface area contributed by atoms with E-state index in [1.165, 1.54) is 32.1 Å². The van der Waals surface area contributed by atoms with E-state index in [0.29, 0.717) is 34.9 Å². The van der Waals surface area contributed by atoms with E-state index in [1.807, 2.05) is 0 Å². The van der Waals surface area contributed by atoms with Crippen molar-refractivity contribution in [2.45, 2.75) is 111 Å². The zero-order valence-corrected chi connectivity index (χ0v) is 19.8. The molecule has 0 aromatic carbocycles. The largest absolute Gasteiger partial charge is 0.462 e. The van der Waals surface area contributed by atoms with Crippen LogP contribution in [0.3, 0.4) is 0 Å². The number of rotatable bonds is 2. The Hall–Kier alpha value is -0.870. The summed E-state index contributed by atoms with van der Waals surface area (Å²) in [6.45, 7) is 13.5. The second kappa shape index (κ2) is 7.07. The smallest absolute Gasteiger partial charge is 0.302 e. The summed E-state index contributed by atoms with van der Waals surface area (Å²) in [6.07, 6.45) is 11.4. The first-order valence-corrected chi connectivity index (χ1v) is 12.5. The number of hydrogen-bond donors (Lipinski definition) is 0. The van der Waals surface area contributed by atoms with Gasteiger partial charge in [0.25, 0.3) is 0 Å². The predicted molar refractivity (Wildman–Crippen MR) is 117 cm³/mol. The monoisotopic (exact) mass is 415 g/mol. The van der Waals surface area contributed by atoms with Crippen LogP contribution in [0.2, 0.25) is 0 Å². The van der Waals surface area contributed by atoms with Crippen molar-refractivity contribution < 1.29 is 14.4 Å². The highest BCUT2D eigenvalue weighted by molar-refractivity contribution is 5.66. The van der Waals surface area contributed by atoms with Crippen LogP contribution < -0.4 is 0 Å². The molecule has 0 aromatic heterocycles. The first-order valence-electron chi connectivity index (χ1n) is 12.5. The second-order valence-electron chi connectivity index (χ2n) is 11.9. The Labute approximate surface area is 182 Å². The van der Waals surface area contributed by atoms with Gasteiger partial charge < -0.3 is 4.74 Å². The Bertz CT molecular complexity index is 747. The molecule has 5 rings (SSSR count). The fourth-order valence-electron chi connectivity index (χ4n) is 8.97. The van der Waals surface area contributed by atoms with Gasteiger partial charge in [0.2, 0.25) is 0 Å². The molecule has 168 valence electrons. The fourth-order valence-corrected chi connectivity index (χ4v) is 8.97. The number of esters is 1. The molecule has 0 radical (unpaired) electrons. The van der Waals surface area contributed by atoms with Gasteiger partial charge >= 0.3 is 5.97 Å². The molecule has 9 atom stereocenters. The van der Waals surface area contributed by atoms with E-state index < -0.39 is 0 Å². The Kier molecular flexibility index (Phi) is 4.95. The maximum Gasteiger partial charge on any atom is 0.302 e. The van der Waals surface area contributed by atoms with Gasteiger partial charge in [-0.25, -0.2) is 0 Å². The molecule has 0 N–H and O–H groups in total. The summed E-state index contributed by atoms with van der Waals surface area (Å²) in [5.41, 5.74) is 2.30. The van der Waals surface area contributed by atoms with E-state index in [0.717, 1.165) is 30.6 Å². The van der Waals surface area contributed by atoms with Crippen LogP contribution in [0.15, 0.2) is 11.6 Å². The first kappa shape index (κ1) is 21.0. The van der Waals surface area contributed by atoms with E-state index in [4.69, 9.17) is 9.57 Å². The van der Waals surface area contributed by atoms with Gasteiger partial charge in [-0.15, -0.1) is 0 Å². The van der Waals surface area contributed by atoms with Crippen LogP contribution >= 0.6 is 0 Å². The molecule has 0 unspecified atom stereocenters. The zero-order valence-electron chi connectivity index (χ0n) is 19.8. The van der Waals surface area contributed by atoms with E-state index >= 15 is 0 Å². The molecule has 1 aliphatic heterocycles. The zero-order chi connectivity index (χ0) is 21.4. The summed E-state index contributed by atoms with van der Waals surface area (Å²) >= 11 is 0.